The number of nitrogens with one attached hydrogen (secondary N) is 1. The molecule has 2 aromatic carbocycles. The molecule has 110 valence electrons. The number of nitro benzene ring substituents is 1. The van der Waals surface area contributed by atoms with Gasteiger partial charge in [0.2, 0.25) is 0 Å². The Bertz CT molecular complexity index is 832. The summed E-state index contributed by atoms with van der Waals surface area (Å²) in [4.78, 5) is 15.0. The molecule has 0 spiro atoms. The van der Waals surface area contributed by atoms with Gasteiger partial charge in [-0.05, 0) is 24.6 Å². The lowest BCUT2D eigenvalue weighted by Crippen LogP contribution is -2.01. The van der Waals surface area contributed by atoms with Crippen molar-refractivity contribution in [3.63, 3.8) is 0 Å². The van der Waals surface area contributed by atoms with Gasteiger partial charge in [-0.1, -0.05) is 30.3 Å². The van der Waals surface area contributed by atoms with E-state index in [1.807, 2.05) is 43.3 Å². The Morgan fingerprint density at radius 1 is 1.14 bits per heavy atom. The van der Waals surface area contributed by atoms with Crippen LogP contribution in [-0.4, -0.2) is 9.91 Å². The standard InChI is InChI=1S/C17H15N3O2/c1-12-9-17(18-11-13-5-3-2-4-6-13)15-10-14(20(21)22)7-8-16(15)19-12/h2-10H,11H2,1H3,(H,18,19). The van der Waals surface area contributed by atoms with Crippen LogP contribution >= 0.6 is 0 Å². The fourth-order valence-corrected chi connectivity index (χ4v) is 2.40. The number of nitrogens with zero attached hydrogens (tertiary/aromatic N) is 2. The number of nitro groups is 1. The fourth-order valence-electron chi connectivity index (χ4n) is 2.40. The van der Waals surface area contributed by atoms with Crippen molar-refractivity contribution in [2.45, 2.75) is 13.5 Å². The van der Waals surface area contributed by atoms with Crippen molar-refractivity contribution >= 4 is 22.3 Å². The highest BCUT2D eigenvalue weighted by molar-refractivity contribution is 5.93. The minimum atomic E-state index is -0.389. The molecule has 1 N–H and O–H groups in total. The molecule has 1 aromatic heterocycles. The molecular formula is C17H15N3O2. The van der Waals surface area contributed by atoms with Gasteiger partial charge in [-0.25, -0.2) is 0 Å². The van der Waals surface area contributed by atoms with Crippen molar-refractivity contribution in [3.8, 4) is 0 Å². The summed E-state index contributed by atoms with van der Waals surface area (Å²) in [5.41, 5.74) is 3.70. The quantitative estimate of drug-likeness (QED) is 0.581. The molecule has 22 heavy (non-hydrogen) atoms. The second-order valence-corrected chi connectivity index (χ2v) is 5.11. The predicted molar refractivity (Wildman–Crippen MR) is 86.9 cm³/mol. The first-order chi connectivity index (χ1) is 10.6. The number of aryl methyl sites for hydroxylation is 1. The molecule has 0 atom stereocenters. The summed E-state index contributed by atoms with van der Waals surface area (Å²) in [5.74, 6) is 0. The molecule has 0 aliphatic carbocycles. The number of fused-ring (bicyclic) bond motifs is 1. The highest BCUT2D eigenvalue weighted by Crippen LogP contribution is 2.27. The van der Waals surface area contributed by atoms with E-state index in [0.717, 1.165) is 27.8 Å². The molecule has 0 saturated carbocycles. The molecule has 0 fully saturated rings. The van der Waals surface area contributed by atoms with Crippen LogP contribution in [0.5, 0.6) is 0 Å². The summed E-state index contributed by atoms with van der Waals surface area (Å²) in [6, 6.07) is 16.7. The van der Waals surface area contributed by atoms with Crippen molar-refractivity contribution in [1.29, 1.82) is 0 Å². The Morgan fingerprint density at radius 3 is 2.64 bits per heavy atom. The average molecular weight is 293 g/mol. The van der Waals surface area contributed by atoms with E-state index in [1.54, 1.807) is 12.1 Å². The molecular weight excluding hydrogens is 278 g/mol. The Balaban J connectivity index is 1.99. The molecule has 1 heterocycles. The van der Waals surface area contributed by atoms with Crippen molar-refractivity contribution < 1.29 is 4.92 Å². The SMILES string of the molecule is Cc1cc(NCc2ccccc2)c2cc([N+](=O)[O-])ccc2n1. The number of hydrogen-bond donors (Lipinski definition) is 1. The third-order valence-corrected chi connectivity index (χ3v) is 3.46. The lowest BCUT2D eigenvalue weighted by Gasteiger charge is -2.11. The number of anilines is 1. The molecule has 0 unspecified atom stereocenters. The van der Waals surface area contributed by atoms with E-state index >= 15 is 0 Å². The number of hydrogen-bond acceptors (Lipinski definition) is 4. The molecule has 0 bridgehead atoms. The first kappa shape index (κ1) is 14.0. The smallest absolute Gasteiger partial charge is 0.270 e. The van der Waals surface area contributed by atoms with Gasteiger partial charge in [0, 0.05) is 35.4 Å². The van der Waals surface area contributed by atoms with E-state index in [0.29, 0.717) is 6.54 Å². The Morgan fingerprint density at radius 2 is 1.91 bits per heavy atom. The summed E-state index contributed by atoms with van der Waals surface area (Å²) in [6.07, 6.45) is 0. The topological polar surface area (TPSA) is 68.1 Å². The van der Waals surface area contributed by atoms with Crippen LogP contribution in [0.1, 0.15) is 11.3 Å². The molecule has 5 nitrogen and oxygen atoms in total. The van der Waals surface area contributed by atoms with E-state index < -0.39 is 0 Å². The summed E-state index contributed by atoms with van der Waals surface area (Å²) in [5, 5.41) is 15.1. The normalized spacial score (nSPS) is 10.6. The monoisotopic (exact) mass is 293 g/mol. The van der Waals surface area contributed by atoms with E-state index in [9.17, 15) is 10.1 Å². The van der Waals surface area contributed by atoms with Crippen LogP contribution in [0.4, 0.5) is 11.4 Å². The maximum absolute atomic E-state index is 11.0. The van der Waals surface area contributed by atoms with Gasteiger partial charge >= 0.3 is 0 Å². The molecule has 0 aliphatic rings. The third-order valence-electron chi connectivity index (χ3n) is 3.46. The minimum absolute atomic E-state index is 0.0703. The van der Waals surface area contributed by atoms with Gasteiger partial charge in [-0.15, -0.1) is 0 Å². The van der Waals surface area contributed by atoms with Crippen molar-refractivity contribution in [2.75, 3.05) is 5.32 Å². The molecule has 0 aliphatic heterocycles. The molecule has 0 amide bonds. The van der Waals surface area contributed by atoms with Gasteiger partial charge in [0.25, 0.3) is 5.69 Å². The highest BCUT2D eigenvalue weighted by Gasteiger charge is 2.10. The maximum atomic E-state index is 11.0. The van der Waals surface area contributed by atoms with Crippen LogP contribution in [0.15, 0.2) is 54.6 Å². The van der Waals surface area contributed by atoms with Crippen LogP contribution in [0.3, 0.4) is 0 Å². The number of pyridine rings is 1. The lowest BCUT2D eigenvalue weighted by molar-refractivity contribution is -0.384. The molecule has 3 rings (SSSR count). The van der Waals surface area contributed by atoms with Gasteiger partial charge in [0.05, 0.1) is 10.4 Å². The van der Waals surface area contributed by atoms with Crippen LogP contribution in [0.2, 0.25) is 0 Å². The van der Waals surface area contributed by atoms with Crippen LogP contribution in [0.25, 0.3) is 10.9 Å². The summed E-state index contributed by atoms with van der Waals surface area (Å²) in [7, 11) is 0. The number of rotatable bonds is 4. The summed E-state index contributed by atoms with van der Waals surface area (Å²) >= 11 is 0. The van der Waals surface area contributed by atoms with Gasteiger partial charge in [0.15, 0.2) is 0 Å². The Labute approximate surface area is 127 Å². The predicted octanol–water partition coefficient (Wildman–Crippen LogP) is 4.06. The minimum Gasteiger partial charge on any atom is -0.380 e. The molecule has 0 radical (unpaired) electrons. The van der Waals surface area contributed by atoms with E-state index in [-0.39, 0.29) is 10.6 Å². The molecule has 3 aromatic rings. The van der Waals surface area contributed by atoms with Crippen molar-refractivity contribution in [2.24, 2.45) is 0 Å². The van der Waals surface area contributed by atoms with Crippen molar-refractivity contribution in [3.05, 3.63) is 76.0 Å². The first-order valence-electron chi connectivity index (χ1n) is 6.97. The highest BCUT2D eigenvalue weighted by atomic mass is 16.6. The van der Waals surface area contributed by atoms with E-state index in [2.05, 4.69) is 10.3 Å². The second-order valence-electron chi connectivity index (χ2n) is 5.11. The van der Waals surface area contributed by atoms with Crippen LogP contribution < -0.4 is 5.32 Å². The van der Waals surface area contributed by atoms with Crippen LogP contribution in [-0.2, 0) is 6.54 Å². The summed E-state index contributed by atoms with van der Waals surface area (Å²) in [6.45, 7) is 2.57. The number of benzene rings is 2. The summed E-state index contributed by atoms with van der Waals surface area (Å²) < 4.78 is 0. The average Bonchev–Trinajstić information content (AvgIpc) is 2.53. The third kappa shape index (κ3) is 2.88. The van der Waals surface area contributed by atoms with E-state index in [4.69, 9.17) is 0 Å². The zero-order chi connectivity index (χ0) is 15.5. The zero-order valence-corrected chi connectivity index (χ0v) is 12.1. The largest absolute Gasteiger partial charge is 0.380 e. The Hall–Kier alpha value is -2.95. The number of non-ortho nitro benzene ring substituents is 1. The molecule has 5 heteroatoms. The zero-order valence-electron chi connectivity index (χ0n) is 12.1. The van der Waals surface area contributed by atoms with Gasteiger partial charge in [0.1, 0.15) is 0 Å². The fraction of sp³-hybridized carbons (Fsp3) is 0.118. The van der Waals surface area contributed by atoms with E-state index in [1.165, 1.54) is 6.07 Å². The second kappa shape index (κ2) is 5.81. The van der Waals surface area contributed by atoms with Gasteiger partial charge in [-0.2, -0.15) is 0 Å². The maximum Gasteiger partial charge on any atom is 0.270 e. The Kier molecular flexibility index (Phi) is 3.70. The molecule has 0 saturated heterocycles. The van der Waals surface area contributed by atoms with Crippen molar-refractivity contribution in [1.82, 2.24) is 4.98 Å². The van der Waals surface area contributed by atoms with Gasteiger partial charge < -0.3 is 5.32 Å². The first-order valence-corrected chi connectivity index (χ1v) is 6.97. The lowest BCUT2D eigenvalue weighted by atomic mass is 10.1. The van der Waals surface area contributed by atoms with Crippen LogP contribution in [0, 0.1) is 17.0 Å². The van der Waals surface area contributed by atoms with Gasteiger partial charge in [-0.3, -0.25) is 15.1 Å². The number of aromatic nitrogens is 1.